The Morgan fingerprint density at radius 3 is 3.00 bits per heavy atom. The van der Waals surface area contributed by atoms with Crippen molar-refractivity contribution < 1.29 is 19.7 Å². The molecule has 0 saturated carbocycles. The number of esters is 1. The van der Waals surface area contributed by atoms with E-state index < -0.39 is 18.7 Å². The van der Waals surface area contributed by atoms with Crippen LogP contribution >= 0.6 is 0 Å². The largest absolute Gasteiger partial charge is 0.460 e. The fraction of sp³-hybridized carbons (Fsp3) is 0.714. The summed E-state index contributed by atoms with van der Waals surface area (Å²) < 4.78 is 5.78. The molecule has 1 atom stereocenters. The molecule has 0 spiro atoms. The summed E-state index contributed by atoms with van der Waals surface area (Å²) in [6, 6.07) is 0. The molecule has 15 heavy (non-hydrogen) atoms. The minimum atomic E-state index is -1.01. The van der Waals surface area contributed by atoms with E-state index in [1.807, 2.05) is 0 Å². The number of rotatable bonds is 5. The summed E-state index contributed by atoms with van der Waals surface area (Å²) in [5.74, 6) is -0.753. The van der Waals surface area contributed by atoms with Crippen molar-refractivity contribution >= 4 is 5.97 Å². The van der Waals surface area contributed by atoms with Crippen LogP contribution in [0.1, 0.15) is 17.5 Å². The zero-order valence-electron chi connectivity index (χ0n) is 8.20. The molecule has 1 heterocycles. The van der Waals surface area contributed by atoms with Crippen LogP contribution in [0.15, 0.2) is 0 Å². The van der Waals surface area contributed by atoms with Crippen molar-refractivity contribution in [1.82, 2.24) is 20.2 Å². The average Bonchev–Trinajstić information content (AvgIpc) is 2.66. The van der Waals surface area contributed by atoms with Crippen molar-refractivity contribution in [2.24, 2.45) is 0 Å². The first-order valence-corrected chi connectivity index (χ1v) is 4.41. The predicted molar refractivity (Wildman–Crippen MR) is 46.9 cm³/mol. The van der Waals surface area contributed by atoms with Gasteiger partial charge in [0.2, 0.25) is 0 Å². The molecule has 0 fully saturated rings. The van der Waals surface area contributed by atoms with Crippen molar-refractivity contribution in [1.29, 1.82) is 0 Å². The van der Waals surface area contributed by atoms with E-state index in [9.17, 15) is 4.79 Å². The normalized spacial score (nSPS) is 12.5. The van der Waals surface area contributed by atoms with Gasteiger partial charge in [-0.15, -0.1) is 5.10 Å². The second-order valence-corrected chi connectivity index (χ2v) is 2.74. The number of aliphatic hydroxyl groups excluding tert-OH is 2. The highest BCUT2D eigenvalue weighted by Crippen LogP contribution is 1.97. The van der Waals surface area contributed by atoms with E-state index in [4.69, 9.17) is 14.9 Å². The van der Waals surface area contributed by atoms with E-state index in [1.54, 1.807) is 6.92 Å². The third kappa shape index (κ3) is 2.96. The minimum Gasteiger partial charge on any atom is -0.460 e. The summed E-state index contributed by atoms with van der Waals surface area (Å²) in [5, 5.41) is 28.0. The van der Waals surface area contributed by atoms with E-state index in [2.05, 4.69) is 15.5 Å². The van der Waals surface area contributed by atoms with Crippen molar-refractivity contribution in [3.05, 3.63) is 5.82 Å². The Hall–Kier alpha value is -1.54. The Balaban J connectivity index is 2.73. The van der Waals surface area contributed by atoms with Crippen LogP contribution in [0.4, 0.5) is 0 Å². The minimum absolute atomic E-state index is 0.0579. The van der Waals surface area contributed by atoms with Crippen molar-refractivity contribution in [3.63, 3.8) is 0 Å². The summed E-state index contributed by atoms with van der Waals surface area (Å²) in [6.45, 7) is 1.39. The summed E-state index contributed by atoms with van der Waals surface area (Å²) >= 11 is 0. The summed E-state index contributed by atoms with van der Waals surface area (Å²) in [5.41, 5.74) is 0. The van der Waals surface area contributed by atoms with Gasteiger partial charge >= 0.3 is 5.97 Å². The lowest BCUT2D eigenvalue weighted by molar-refractivity contribution is 0.0483. The molecule has 1 aromatic rings. The molecule has 1 aromatic heterocycles. The monoisotopic (exact) mass is 216 g/mol. The van der Waals surface area contributed by atoms with Crippen LogP contribution in [-0.2, 0) is 11.3 Å². The second-order valence-electron chi connectivity index (χ2n) is 2.74. The Morgan fingerprint density at radius 1 is 1.67 bits per heavy atom. The molecular formula is C7H12N4O4. The number of hydrogen-bond donors (Lipinski definition) is 2. The smallest absolute Gasteiger partial charge is 0.378 e. The molecular weight excluding hydrogens is 204 g/mol. The molecule has 0 bridgehead atoms. The number of carbonyl (C=O) groups is 1. The molecule has 1 unspecified atom stereocenters. The molecule has 0 saturated heterocycles. The SMILES string of the molecule is CCOC(=O)c1nnnn1CC(O)CO. The Labute approximate surface area is 85.5 Å². The highest BCUT2D eigenvalue weighted by molar-refractivity contribution is 5.85. The first-order valence-electron chi connectivity index (χ1n) is 4.41. The molecule has 0 aromatic carbocycles. The summed E-state index contributed by atoms with van der Waals surface area (Å²) in [7, 11) is 0. The maximum absolute atomic E-state index is 11.3. The number of aromatic nitrogens is 4. The number of aliphatic hydroxyl groups is 2. The van der Waals surface area contributed by atoms with E-state index in [-0.39, 0.29) is 19.0 Å². The van der Waals surface area contributed by atoms with Crippen LogP contribution < -0.4 is 0 Å². The lowest BCUT2D eigenvalue weighted by atomic mass is 10.4. The fourth-order valence-corrected chi connectivity index (χ4v) is 0.927. The van der Waals surface area contributed by atoms with Crippen LogP contribution in [0.3, 0.4) is 0 Å². The van der Waals surface area contributed by atoms with Gasteiger partial charge in [0.15, 0.2) is 0 Å². The maximum atomic E-state index is 11.3. The van der Waals surface area contributed by atoms with Crippen molar-refractivity contribution in [3.8, 4) is 0 Å². The van der Waals surface area contributed by atoms with E-state index >= 15 is 0 Å². The van der Waals surface area contributed by atoms with E-state index in [1.165, 1.54) is 0 Å². The zero-order valence-corrected chi connectivity index (χ0v) is 8.20. The number of hydrogen-bond acceptors (Lipinski definition) is 7. The number of ether oxygens (including phenoxy) is 1. The van der Waals surface area contributed by atoms with E-state index in [0.717, 1.165) is 4.68 Å². The third-order valence-electron chi connectivity index (χ3n) is 1.58. The van der Waals surface area contributed by atoms with Gasteiger partial charge < -0.3 is 14.9 Å². The Bertz CT molecular complexity index is 327. The first kappa shape index (κ1) is 11.5. The van der Waals surface area contributed by atoms with Gasteiger partial charge in [0.1, 0.15) is 0 Å². The zero-order chi connectivity index (χ0) is 11.3. The van der Waals surface area contributed by atoms with Crippen LogP contribution in [0, 0.1) is 0 Å². The summed E-state index contributed by atoms with van der Waals surface area (Å²) in [4.78, 5) is 11.3. The lowest BCUT2D eigenvalue weighted by Gasteiger charge is -2.07. The molecule has 0 amide bonds. The molecule has 0 aliphatic rings. The standard InChI is InChI=1S/C7H12N4O4/c1-2-15-7(14)6-8-9-10-11(6)3-5(13)4-12/h5,12-13H,2-4H2,1H3. The highest BCUT2D eigenvalue weighted by Gasteiger charge is 2.18. The number of carbonyl (C=O) groups excluding carboxylic acids is 1. The molecule has 0 aliphatic heterocycles. The topological polar surface area (TPSA) is 110 Å². The van der Waals surface area contributed by atoms with Gasteiger partial charge in [0.25, 0.3) is 5.82 Å². The van der Waals surface area contributed by atoms with Gasteiger partial charge in [-0.05, 0) is 17.4 Å². The molecule has 84 valence electrons. The van der Waals surface area contributed by atoms with Gasteiger partial charge in [0.05, 0.1) is 25.9 Å². The van der Waals surface area contributed by atoms with Crippen LogP contribution in [0.25, 0.3) is 0 Å². The molecule has 0 aliphatic carbocycles. The Morgan fingerprint density at radius 2 is 2.40 bits per heavy atom. The Kier molecular flexibility index (Phi) is 4.13. The molecule has 8 heteroatoms. The molecule has 1 rings (SSSR count). The second kappa shape index (κ2) is 5.37. The van der Waals surface area contributed by atoms with Gasteiger partial charge in [0, 0.05) is 0 Å². The molecule has 0 radical (unpaired) electrons. The lowest BCUT2D eigenvalue weighted by Crippen LogP contribution is -2.24. The van der Waals surface area contributed by atoms with Crippen LogP contribution in [0.2, 0.25) is 0 Å². The third-order valence-corrected chi connectivity index (χ3v) is 1.58. The van der Waals surface area contributed by atoms with Crippen molar-refractivity contribution in [2.45, 2.75) is 19.6 Å². The number of nitrogens with zero attached hydrogens (tertiary/aromatic N) is 4. The van der Waals surface area contributed by atoms with Gasteiger partial charge in [-0.25, -0.2) is 9.48 Å². The fourth-order valence-electron chi connectivity index (χ4n) is 0.927. The van der Waals surface area contributed by atoms with Crippen LogP contribution in [-0.4, -0.2) is 55.7 Å². The highest BCUT2D eigenvalue weighted by atomic mass is 16.5. The predicted octanol–water partition coefficient (Wildman–Crippen LogP) is -1.80. The summed E-state index contributed by atoms with van der Waals surface area (Å²) in [6.07, 6.45) is -1.01. The average molecular weight is 216 g/mol. The first-order chi connectivity index (χ1) is 7.19. The molecule has 2 N–H and O–H groups in total. The van der Waals surface area contributed by atoms with Gasteiger partial charge in [-0.3, -0.25) is 0 Å². The number of tetrazole rings is 1. The van der Waals surface area contributed by atoms with Crippen molar-refractivity contribution in [2.75, 3.05) is 13.2 Å². The molecule has 8 nitrogen and oxygen atoms in total. The van der Waals surface area contributed by atoms with Gasteiger partial charge in [-0.1, -0.05) is 0 Å². The maximum Gasteiger partial charge on any atom is 0.378 e. The van der Waals surface area contributed by atoms with E-state index in [0.29, 0.717) is 0 Å². The van der Waals surface area contributed by atoms with Crippen LogP contribution in [0.5, 0.6) is 0 Å². The quantitative estimate of drug-likeness (QED) is 0.559. The van der Waals surface area contributed by atoms with Gasteiger partial charge in [-0.2, -0.15) is 0 Å².